The second-order valence-corrected chi connectivity index (χ2v) is 5.64. The number of nitrogens with zero attached hydrogens (tertiary/aromatic N) is 1. The summed E-state index contributed by atoms with van der Waals surface area (Å²) in [5.41, 5.74) is 3.12. The number of hydrogen-bond acceptors (Lipinski definition) is 3. The van der Waals surface area contributed by atoms with Crippen LogP contribution in [0.25, 0.3) is 0 Å². The first-order chi connectivity index (χ1) is 9.45. The van der Waals surface area contributed by atoms with Gasteiger partial charge in [-0.3, -0.25) is 14.5 Å². The zero-order valence-corrected chi connectivity index (χ0v) is 12.4. The minimum Gasteiger partial charge on any atom is -0.352 e. The van der Waals surface area contributed by atoms with Crippen LogP contribution in [0.4, 0.5) is 0 Å². The van der Waals surface area contributed by atoms with E-state index in [0.717, 1.165) is 30.6 Å². The maximum absolute atomic E-state index is 12.3. The maximum atomic E-state index is 12.3. The van der Waals surface area contributed by atoms with E-state index in [-0.39, 0.29) is 17.7 Å². The Morgan fingerprint density at radius 1 is 1.30 bits per heavy atom. The highest BCUT2D eigenvalue weighted by atomic mass is 16.1. The number of benzene rings is 1. The van der Waals surface area contributed by atoms with E-state index in [0.29, 0.717) is 6.54 Å². The molecule has 1 unspecified atom stereocenters. The monoisotopic (exact) mass is 274 g/mol. The first-order valence-corrected chi connectivity index (χ1v) is 7.05. The molecule has 1 aliphatic heterocycles. The van der Waals surface area contributed by atoms with Crippen molar-refractivity contribution < 1.29 is 9.59 Å². The Labute approximate surface area is 120 Å². The van der Waals surface area contributed by atoms with Gasteiger partial charge in [-0.05, 0) is 37.5 Å². The molecule has 0 aromatic heterocycles. The average Bonchev–Trinajstić information content (AvgIpc) is 2.79. The van der Waals surface area contributed by atoms with Gasteiger partial charge < -0.3 is 5.32 Å². The van der Waals surface area contributed by atoms with Crippen molar-refractivity contribution in [2.75, 3.05) is 19.6 Å². The molecule has 1 aromatic rings. The van der Waals surface area contributed by atoms with E-state index >= 15 is 0 Å². The first kappa shape index (κ1) is 14.7. The van der Waals surface area contributed by atoms with E-state index < -0.39 is 0 Å². The second-order valence-electron chi connectivity index (χ2n) is 5.64. The molecule has 1 saturated heterocycles. The summed E-state index contributed by atoms with van der Waals surface area (Å²) in [5, 5.41) is 2.91. The van der Waals surface area contributed by atoms with Gasteiger partial charge in [0.15, 0.2) is 5.78 Å². The Kier molecular flexibility index (Phi) is 4.55. The van der Waals surface area contributed by atoms with Crippen LogP contribution in [0.5, 0.6) is 0 Å². The Bertz CT molecular complexity index is 525. The fourth-order valence-electron chi connectivity index (χ4n) is 2.59. The van der Waals surface area contributed by atoms with Crippen LogP contribution in [-0.2, 0) is 4.79 Å². The predicted molar refractivity (Wildman–Crippen MR) is 78.9 cm³/mol. The summed E-state index contributed by atoms with van der Waals surface area (Å²) < 4.78 is 0. The number of likely N-dealkylation sites (tertiary alicyclic amines) is 1. The third kappa shape index (κ3) is 3.67. The number of hydrogen-bond donors (Lipinski definition) is 1. The summed E-state index contributed by atoms with van der Waals surface area (Å²) in [6, 6.07) is 6.03. The van der Waals surface area contributed by atoms with E-state index in [9.17, 15) is 9.59 Å². The Morgan fingerprint density at radius 3 is 2.70 bits per heavy atom. The Morgan fingerprint density at radius 2 is 2.05 bits per heavy atom. The van der Waals surface area contributed by atoms with E-state index in [1.807, 2.05) is 32.0 Å². The Hall–Kier alpha value is -1.68. The predicted octanol–water partition coefficient (Wildman–Crippen LogP) is 1.70. The number of amides is 1. The van der Waals surface area contributed by atoms with Gasteiger partial charge in [-0.1, -0.05) is 12.1 Å². The molecular formula is C16H22N2O2. The lowest BCUT2D eigenvalue weighted by molar-refractivity contribution is -0.119. The lowest BCUT2D eigenvalue weighted by Crippen LogP contribution is -2.36. The van der Waals surface area contributed by atoms with Gasteiger partial charge in [-0.15, -0.1) is 0 Å². The summed E-state index contributed by atoms with van der Waals surface area (Å²) in [6.45, 7) is 7.65. The molecule has 1 N–H and O–H groups in total. The molecule has 0 radical (unpaired) electrons. The van der Waals surface area contributed by atoms with Crippen molar-refractivity contribution in [3.05, 3.63) is 34.9 Å². The molecule has 1 heterocycles. The lowest BCUT2D eigenvalue weighted by Gasteiger charge is -2.15. The summed E-state index contributed by atoms with van der Waals surface area (Å²) in [7, 11) is 0. The SMILES string of the molecule is CC(=O)NC1CCN(CC(=O)c2ccc(C)c(C)c2)C1. The normalized spacial score (nSPS) is 19.1. The van der Waals surface area contributed by atoms with Crippen LogP contribution >= 0.6 is 0 Å². The maximum Gasteiger partial charge on any atom is 0.217 e. The van der Waals surface area contributed by atoms with Crippen molar-refractivity contribution in [2.24, 2.45) is 0 Å². The van der Waals surface area contributed by atoms with Gasteiger partial charge in [0.2, 0.25) is 5.91 Å². The zero-order chi connectivity index (χ0) is 14.7. The molecule has 1 aliphatic rings. The molecule has 0 aliphatic carbocycles. The molecule has 4 nitrogen and oxygen atoms in total. The van der Waals surface area contributed by atoms with Crippen LogP contribution in [0.15, 0.2) is 18.2 Å². The summed E-state index contributed by atoms with van der Waals surface area (Å²) in [5.74, 6) is 0.147. The van der Waals surface area contributed by atoms with Gasteiger partial charge in [0, 0.05) is 31.6 Å². The number of aryl methyl sites for hydroxylation is 2. The average molecular weight is 274 g/mol. The van der Waals surface area contributed by atoms with Crippen LogP contribution in [0.1, 0.15) is 34.8 Å². The molecule has 0 spiro atoms. The summed E-state index contributed by atoms with van der Waals surface area (Å²) >= 11 is 0. The molecule has 4 heteroatoms. The minimum absolute atomic E-state index is 0.00247. The van der Waals surface area contributed by atoms with Crippen molar-refractivity contribution in [1.29, 1.82) is 0 Å². The summed E-state index contributed by atoms with van der Waals surface area (Å²) in [6.07, 6.45) is 0.916. The molecule has 2 rings (SSSR count). The molecular weight excluding hydrogens is 252 g/mol. The van der Waals surface area contributed by atoms with Crippen molar-refractivity contribution in [3.8, 4) is 0 Å². The largest absolute Gasteiger partial charge is 0.352 e. The number of nitrogens with one attached hydrogen (secondary N) is 1. The van der Waals surface area contributed by atoms with Crippen molar-refractivity contribution in [1.82, 2.24) is 10.2 Å². The van der Waals surface area contributed by atoms with Gasteiger partial charge >= 0.3 is 0 Å². The first-order valence-electron chi connectivity index (χ1n) is 7.05. The van der Waals surface area contributed by atoms with E-state index in [4.69, 9.17) is 0 Å². The molecule has 0 bridgehead atoms. The van der Waals surface area contributed by atoms with Crippen LogP contribution in [0.3, 0.4) is 0 Å². The molecule has 1 amide bonds. The van der Waals surface area contributed by atoms with E-state index in [1.165, 1.54) is 12.5 Å². The van der Waals surface area contributed by atoms with E-state index in [1.54, 1.807) is 0 Å². The highest BCUT2D eigenvalue weighted by Crippen LogP contribution is 2.13. The van der Waals surface area contributed by atoms with Crippen molar-refractivity contribution >= 4 is 11.7 Å². The van der Waals surface area contributed by atoms with Gasteiger partial charge in [0.1, 0.15) is 0 Å². The van der Waals surface area contributed by atoms with Gasteiger partial charge in [0.05, 0.1) is 6.54 Å². The topological polar surface area (TPSA) is 49.4 Å². The molecule has 0 saturated carbocycles. The quantitative estimate of drug-likeness (QED) is 0.850. The van der Waals surface area contributed by atoms with Crippen LogP contribution in [0.2, 0.25) is 0 Å². The van der Waals surface area contributed by atoms with Gasteiger partial charge in [0.25, 0.3) is 0 Å². The lowest BCUT2D eigenvalue weighted by atomic mass is 10.0. The molecule has 1 aromatic carbocycles. The fourth-order valence-corrected chi connectivity index (χ4v) is 2.59. The van der Waals surface area contributed by atoms with Crippen LogP contribution in [-0.4, -0.2) is 42.3 Å². The van der Waals surface area contributed by atoms with Crippen molar-refractivity contribution in [2.45, 2.75) is 33.2 Å². The minimum atomic E-state index is -0.00247. The molecule has 108 valence electrons. The number of Topliss-reactive ketones (excluding diaryl/α,β-unsaturated/α-hetero) is 1. The third-order valence-corrected chi connectivity index (χ3v) is 3.88. The summed E-state index contributed by atoms with van der Waals surface area (Å²) in [4.78, 5) is 25.4. The number of ketones is 1. The third-order valence-electron chi connectivity index (χ3n) is 3.88. The number of carbonyl (C=O) groups excluding carboxylic acids is 2. The van der Waals surface area contributed by atoms with Crippen LogP contribution in [0, 0.1) is 13.8 Å². The Balaban J connectivity index is 1.92. The molecule has 1 atom stereocenters. The van der Waals surface area contributed by atoms with Gasteiger partial charge in [-0.25, -0.2) is 0 Å². The number of rotatable bonds is 4. The smallest absolute Gasteiger partial charge is 0.217 e. The van der Waals surface area contributed by atoms with E-state index in [2.05, 4.69) is 10.2 Å². The van der Waals surface area contributed by atoms with Gasteiger partial charge in [-0.2, -0.15) is 0 Å². The molecule has 20 heavy (non-hydrogen) atoms. The second kappa shape index (κ2) is 6.18. The van der Waals surface area contributed by atoms with Crippen molar-refractivity contribution in [3.63, 3.8) is 0 Å². The fraction of sp³-hybridized carbons (Fsp3) is 0.500. The zero-order valence-electron chi connectivity index (χ0n) is 12.4. The number of carbonyl (C=O) groups is 2. The highest BCUT2D eigenvalue weighted by molar-refractivity contribution is 5.97. The standard InChI is InChI=1S/C16H22N2O2/c1-11-4-5-14(8-12(11)2)16(20)10-18-7-6-15(9-18)17-13(3)19/h4-5,8,15H,6-7,9-10H2,1-3H3,(H,17,19). The molecule has 1 fully saturated rings. The highest BCUT2D eigenvalue weighted by Gasteiger charge is 2.24. The van der Waals surface area contributed by atoms with Crippen LogP contribution < -0.4 is 5.32 Å².